The minimum absolute atomic E-state index is 0.139. The Bertz CT molecular complexity index is 1010. The first-order chi connectivity index (χ1) is 14.8. The molecule has 3 rings (SSSR count). The Balaban J connectivity index is 0.000000241. The molecule has 0 aliphatic carbocycles. The molecule has 0 saturated carbocycles. The lowest BCUT2D eigenvalue weighted by atomic mass is 10.0. The van der Waals surface area contributed by atoms with Gasteiger partial charge in [-0.2, -0.15) is 0 Å². The lowest BCUT2D eigenvalue weighted by Gasteiger charge is -2.09. The molecule has 32 heavy (non-hydrogen) atoms. The number of halogens is 6. The highest BCUT2D eigenvalue weighted by molar-refractivity contribution is 6.36. The maximum atomic E-state index is 12.5. The summed E-state index contributed by atoms with van der Waals surface area (Å²) in [4.78, 5) is 0. The third kappa shape index (κ3) is 8.20. The first-order valence-electron chi connectivity index (χ1n) is 9.73. The predicted molar refractivity (Wildman–Crippen MR) is 134 cm³/mol. The van der Waals surface area contributed by atoms with Gasteiger partial charge in [0.2, 0.25) is 0 Å². The third-order valence-corrected chi connectivity index (χ3v) is 6.45. The number of aliphatic hydroxyl groups is 1. The van der Waals surface area contributed by atoms with E-state index in [9.17, 15) is 13.9 Å². The van der Waals surface area contributed by atoms with E-state index in [-0.39, 0.29) is 10.6 Å². The van der Waals surface area contributed by atoms with Crippen LogP contribution < -0.4 is 0 Å². The quantitative estimate of drug-likeness (QED) is 0.316. The molecule has 0 saturated heterocycles. The molecule has 3 aromatic rings. The summed E-state index contributed by atoms with van der Waals surface area (Å²) in [5, 5.41) is 11.4. The van der Waals surface area contributed by atoms with Crippen LogP contribution in [0.4, 0.5) is 8.78 Å². The lowest BCUT2D eigenvalue weighted by molar-refractivity contribution is 0.199. The summed E-state index contributed by atoms with van der Waals surface area (Å²) >= 11 is 23.0. The zero-order valence-electron chi connectivity index (χ0n) is 18.8. The molecule has 0 aliphatic heterocycles. The molecule has 7 heteroatoms. The lowest BCUT2D eigenvalue weighted by Crippen LogP contribution is -1.93. The van der Waals surface area contributed by atoms with E-state index in [1.165, 1.54) is 6.92 Å². The SMILES string of the molecule is Cc1c(F)ccc(F)c1Cl.Cc1cc(C(C)O)cc(Cl)c1C.Cc1cc(Cl)c(C)c(Cl)c1. The Morgan fingerprint density at radius 1 is 0.688 bits per heavy atom. The fraction of sp³-hybridized carbons (Fsp3) is 0.280. The number of hydrogen-bond donors (Lipinski definition) is 1. The van der Waals surface area contributed by atoms with Crippen LogP contribution in [-0.2, 0) is 0 Å². The van der Waals surface area contributed by atoms with E-state index in [0.29, 0.717) is 0 Å². The van der Waals surface area contributed by atoms with Crippen molar-refractivity contribution in [2.45, 2.75) is 47.6 Å². The second-order valence-electron chi connectivity index (χ2n) is 7.44. The van der Waals surface area contributed by atoms with Crippen molar-refractivity contribution in [2.24, 2.45) is 0 Å². The Labute approximate surface area is 208 Å². The van der Waals surface area contributed by atoms with E-state index in [4.69, 9.17) is 46.4 Å². The van der Waals surface area contributed by atoms with Crippen molar-refractivity contribution in [3.05, 3.63) is 102 Å². The van der Waals surface area contributed by atoms with Gasteiger partial charge >= 0.3 is 0 Å². The van der Waals surface area contributed by atoms with E-state index in [1.54, 1.807) is 6.92 Å². The van der Waals surface area contributed by atoms with Crippen LogP contribution in [0.3, 0.4) is 0 Å². The monoisotopic (exact) mass is 520 g/mol. The van der Waals surface area contributed by atoms with Crippen molar-refractivity contribution in [3.8, 4) is 0 Å². The maximum absolute atomic E-state index is 12.5. The highest BCUT2D eigenvalue weighted by Crippen LogP contribution is 2.25. The topological polar surface area (TPSA) is 20.2 Å². The fourth-order valence-electron chi connectivity index (χ4n) is 2.48. The van der Waals surface area contributed by atoms with Crippen molar-refractivity contribution >= 4 is 46.4 Å². The maximum Gasteiger partial charge on any atom is 0.142 e. The minimum Gasteiger partial charge on any atom is -0.389 e. The molecule has 1 atom stereocenters. The van der Waals surface area contributed by atoms with Crippen LogP contribution in [0.5, 0.6) is 0 Å². The van der Waals surface area contributed by atoms with Gasteiger partial charge in [-0.25, -0.2) is 8.78 Å². The molecule has 0 aliphatic rings. The first kappa shape index (κ1) is 28.7. The van der Waals surface area contributed by atoms with Crippen molar-refractivity contribution in [3.63, 3.8) is 0 Å². The van der Waals surface area contributed by atoms with Crippen molar-refractivity contribution in [1.29, 1.82) is 0 Å². The fourth-order valence-corrected chi connectivity index (χ4v) is 3.51. The summed E-state index contributed by atoms with van der Waals surface area (Å²) in [5.74, 6) is -1.06. The largest absolute Gasteiger partial charge is 0.389 e. The number of benzene rings is 3. The Morgan fingerprint density at radius 2 is 1.16 bits per heavy atom. The summed E-state index contributed by atoms with van der Waals surface area (Å²) in [6.07, 6.45) is -0.443. The van der Waals surface area contributed by atoms with Crippen molar-refractivity contribution in [1.82, 2.24) is 0 Å². The van der Waals surface area contributed by atoms with Crippen molar-refractivity contribution in [2.75, 3.05) is 0 Å². The Kier molecular flexibility index (Phi) is 11.4. The smallest absolute Gasteiger partial charge is 0.142 e. The number of rotatable bonds is 1. The highest BCUT2D eigenvalue weighted by atomic mass is 35.5. The van der Waals surface area contributed by atoms with Gasteiger partial charge in [0.25, 0.3) is 0 Å². The molecular weight excluding hydrogens is 496 g/mol. The van der Waals surface area contributed by atoms with Gasteiger partial charge in [-0.3, -0.25) is 0 Å². The van der Waals surface area contributed by atoms with E-state index >= 15 is 0 Å². The number of aliphatic hydroxyl groups excluding tert-OH is 1. The van der Waals surface area contributed by atoms with E-state index in [0.717, 1.165) is 55.0 Å². The molecule has 3 aromatic carbocycles. The first-order valence-corrected chi connectivity index (χ1v) is 11.2. The van der Waals surface area contributed by atoms with E-state index in [2.05, 4.69) is 0 Å². The molecule has 0 heterocycles. The highest BCUT2D eigenvalue weighted by Gasteiger charge is 2.06. The Morgan fingerprint density at radius 3 is 1.59 bits per heavy atom. The summed E-state index contributed by atoms with van der Waals surface area (Å²) in [6, 6.07) is 9.65. The van der Waals surface area contributed by atoms with Gasteiger partial charge in [-0.15, -0.1) is 0 Å². The Hall–Kier alpha value is -1.36. The molecular formula is C25H26Cl4F2O. The standard InChI is InChI=1S/C10H13ClO.C8H8Cl2.C7H5ClF2/c1-6-4-9(8(3)12)5-10(11)7(6)2;1-5-3-7(9)6(2)8(10)4-5;1-4-5(9)2-3-6(10)7(4)8/h4-5,8,12H,1-3H3;3-4H,1-2H3;2-3H,1H3. The van der Waals surface area contributed by atoms with Crippen LogP contribution in [0.25, 0.3) is 0 Å². The molecule has 0 radical (unpaired) electrons. The van der Waals surface area contributed by atoms with Gasteiger partial charge < -0.3 is 5.11 Å². The van der Waals surface area contributed by atoms with Crippen LogP contribution in [0.15, 0.2) is 36.4 Å². The molecule has 174 valence electrons. The predicted octanol–water partition coefficient (Wildman–Crippen LogP) is 9.55. The van der Waals surface area contributed by atoms with E-state index in [1.807, 2.05) is 52.0 Å². The summed E-state index contributed by atoms with van der Waals surface area (Å²) in [6.45, 7) is 11.0. The number of hydrogen-bond acceptors (Lipinski definition) is 1. The second kappa shape index (κ2) is 12.8. The molecule has 0 amide bonds. The van der Waals surface area contributed by atoms with Crippen LogP contribution in [-0.4, -0.2) is 5.11 Å². The van der Waals surface area contributed by atoms with Gasteiger partial charge in [0, 0.05) is 20.6 Å². The average Bonchev–Trinajstić information content (AvgIpc) is 2.72. The molecule has 0 aromatic heterocycles. The molecule has 1 unspecified atom stereocenters. The molecule has 0 fully saturated rings. The van der Waals surface area contributed by atoms with Crippen LogP contribution in [0, 0.1) is 46.3 Å². The molecule has 1 N–H and O–H groups in total. The van der Waals surface area contributed by atoms with Crippen molar-refractivity contribution < 1.29 is 13.9 Å². The average molecular weight is 522 g/mol. The van der Waals surface area contributed by atoms with Gasteiger partial charge in [0.05, 0.1) is 11.1 Å². The zero-order valence-corrected chi connectivity index (χ0v) is 21.8. The van der Waals surface area contributed by atoms with Gasteiger partial charge in [-0.1, -0.05) is 52.5 Å². The minimum atomic E-state index is -0.583. The van der Waals surface area contributed by atoms with Gasteiger partial charge in [0.1, 0.15) is 11.6 Å². The van der Waals surface area contributed by atoms with Gasteiger partial charge in [0.15, 0.2) is 0 Å². The molecule has 1 nitrogen and oxygen atoms in total. The molecule has 0 spiro atoms. The summed E-state index contributed by atoms with van der Waals surface area (Å²) < 4.78 is 25.0. The summed E-state index contributed by atoms with van der Waals surface area (Å²) in [5.41, 5.74) is 5.29. The second-order valence-corrected chi connectivity index (χ2v) is 9.04. The zero-order chi connectivity index (χ0) is 24.7. The van der Waals surface area contributed by atoms with Gasteiger partial charge in [-0.05, 0) is 99.7 Å². The van der Waals surface area contributed by atoms with Crippen LogP contribution in [0.1, 0.15) is 46.4 Å². The third-order valence-electron chi connectivity index (χ3n) is 4.81. The summed E-state index contributed by atoms with van der Waals surface area (Å²) in [7, 11) is 0. The van der Waals surface area contributed by atoms with Crippen LogP contribution >= 0.6 is 46.4 Å². The normalized spacial score (nSPS) is 11.2. The molecule has 0 bridgehead atoms. The number of aryl methyl sites for hydroxylation is 2. The van der Waals surface area contributed by atoms with Crippen LogP contribution in [0.2, 0.25) is 20.1 Å². The van der Waals surface area contributed by atoms with E-state index < -0.39 is 17.7 Å².